The summed E-state index contributed by atoms with van der Waals surface area (Å²) in [7, 11) is 27.1. The van der Waals surface area contributed by atoms with Crippen LogP contribution < -0.4 is 16.4 Å². The van der Waals surface area contributed by atoms with Crippen molar-refractivity contribution in [3.8, 4) is 0 Å². The van der Waals surface area contributed by atoms with E-state index in [-0.39, 0.29) is 7.43 Å². The van der Waals surface area contributed by atoms with E-state index in [1.165, 1.54) is 14.1 Å². The maximum absolute atomic E-state index is 5.61. The number of aryl methyl sites for hydroxylation is 3. The molecule has 9 heterocycles. The van der Waals surface area contributed by atoms with Gasteiger partial charge in [-0.2, -0.15) is 5.10 Å². The lowest BCUT2D eigenvalue weighted by Gasteiger charge is -2.11. The molecule has 21 heteroatoms. The number of benzene rings is 3. The van der Waals surface area contributed by atoms with Crippen molar-refractivity contribution in [2.75, 3.05) is 0 Å². The summed E-state index contributed by atoms with van der Waals surface area (Å²) in [5, 5.41) is 10.4. The third-order valence-electron chi connectivity index (χ3n) is 11.3. The minimum absolute atomic E-state index is 0. The van der Waals surface area contributed by atoms with Crippen LogP contribution in [-0.2, 0) is 0 Å². The zero-order valence-corrected chi connectivity index (χ0v) is 46.5. The molecule has 12 radical (unpaired) electrons. The summed E-state index contributed by atoms with van der Waals surface area (Å²) < 4.78 is 6.15. The van der Waals surface area contributed by atoms with E-state index in [2.05, 4.69) is 41.5 Å². The number of nitrogens with zero attached hydrogens (tertiary/aromatic N) is 12. The zero-order valence-electron chi connectivity index (χ0n) is 46.5. The SMILES string of the molecule is C.CC.CC.CC.CC.CC.CC.[B][B][B]c1c(C)c2ccnnc2n2c1nc1ccccc12.[B][B][B]c1c(C)c2cncnc2n2c1nc1ccccc12.[B][B][B]c1c(C)c2nccnc2n2c1nc1ccccc12. The molecule has 0 aliphatic carbocycles. The van der Waals surface area contributed by atoms with Gasteiger partial charge < -0.3 is 0 Å². The number of imidazole rings is 3. The number of hydrogen-bond acceptors (Lipinski definition) is 9. The van der Waals surface area contributed by atoms with Gasteiger partial charge in [0.05, 0.1) is 39.3 Å². The molecule has 0 bridgehead atoms. The highest BCUT2D eigenvalue weighted by Crippen LogP contribution is 2.25. The predicted molar refractivity (Wildman–Crippen MR) is 337 cm³/mol. The average molecular weight is 994 g/mol. The summed E-state index contributed by atoms with van der Waals surface area (Å²) in [4.78, 5) is 31.8. The molecule has 374 valence electrons. The first-order chi connectivity index (χ1) is 36.9. The van der Waals surface area contributed by atoms with Crippen LogP contribution in [0.25, 0.3) is 83.3 Å². The standard InChI is InChI=1S/3C14H9B3N4.6C2H6.CH4/c1-8-9-6-18-7-19-13(9)21-11-5-3-2-4-10(11)20-14(21)12(8)16-17-15;1-8-9-6-7-18-20-13(9)21-11-5-3-2-4-10(11)19-14(21)12(8)16-17-15;1-8-11(16-17-15)13-20-9-4-2-3-5-10(9)21(13)14-12(8)18-6-7-19-14;6*1-2;/h3*2-7H,1H3;6*1-2H3;1H4. The maximum Gasteiger partial charge on any atom is 0.169 e. The van der Waals surface area contributed by atoms with Gasteiger partial charge in [-0.3, -0.25) is 18.2 Å². The van der Waals surface area contributed by atoms with Gasteiger partial charge in [0.1, 0.15) is 55.9 Å². The molecule has 0 aliphatic heterocycles. The van der Waals surface area contributed by atoms with Gasteiger partial charge in [0.25, 0.3) is 0 Å². The fraction of sp³-hybridized carbons (Fsp3) is 0.291. The molecule has 76 heavy (non-hydrogen) atoms. The summed E-state index contributed by atoms with van der Waals surface area (Å²) in [6, 6.07) is 26.0. The predicted octanol–water partition coefficient (Wildman–Crippen LogP) is 9.11. The highest BCUT2D eigenvalue weighted by Gasteiger charge is 2.19. The Bertz CT molecular complexity index is 3330. The molecule has 0 N–H and O–H groups in total. The van der Waals surface area contributed by atoms with Gasteiger partial charge in [-0.15, -0.1) is 5.10 Å². The fourth-order valence-electron chi connectivity index (χ4n) is 8.38. The molecule has 0 saturated heterocycles. The van der Waals surface area contributed by atoms with Crippen molar-refractivity contribution in [2.45, 2.75) is 111 Å². The Morgan fingerprint density at radius 1 is 0.408 bits per heavy atom. The smallest absolute Gasteiger partial charge is 0.169 e. The van der Waals surface area contributed by atoms with Gasteiger partial charge in [0.2, 0.25) is 0 Å². The third kappa shape index (κ3) is 12.7. The van der Waals surface area contributed by atoms with Gasteiger partial charge in [-0.05, 0) is 79.9 Å². The van der Waals surface area contributed by atoms with E-state index in [1.54, 1.807) is 32.0 Å². The number of fused-ring (bicyclic) bond motifs is 15. The fourth-order valence-corrected chi connectivity index (χ4v) is 8.38. The van der Waals surface area contributed by atoms with Crippen LogP contribution in [0.1, 0.15) is 107 Å². The van der Waals surface area contributed by atoms with Gasteiger partial charge in [-0.1, -0.05) is 143 Å². The first-order valence-electron chi connectivity index (χ1n) is 26.1. The van der Waals surface area contributed by atoms with Crippen molar-refractivity contribution < 1.29 is 0 Å². The highest BCUT2D eigenvalue weighted by atomic mass is 15.2. The molecule has 12 aromatic rings. The van der Waals surface area contributed by atoms with Gasteiger partial charge in [0, 0.05) is 73.8 Å². The van der Waals surface area contributed by atoms with Crippen molar-refractivity contribution in [2.24, 2.45) is 0 Å². The molecule has 12 nitrogen and oxygen atoms in total. The Hall–Kier alpha value is -6.89. The van der Waals surface area contributed by atoms with E-state index in [0.717, 1.165) is 116 Å². The second-order valence-electron chi connectivity index (χ2n) is 14.7. The molecule has 0 amide bonds. The Kier molecular flexibility index (Phi) is 26.6. The van der Waals surface area contributed by atoms with Crippen LogP contribution in [0, 0.1) is 20.8 Å². The second kappa shape index (κ2) is 31.9. The average Bonchev–Trinajstić information content (AvgIpc) is 4.21. The number of hydrogen-bond donors (Lipinski definition) is 0. The number of rotatable bonds is 6. The Balaban J connectivity index is 0.000000271. The minimum Gasteiger partial charge on any atom is -0.277 e. The van der Waals surface area contributed by atoms with Crippen molar-refractivity contribution in [1.82, 2.24) is 58.3 Å². The lowest BCUT2D eigenvalue weighted by molar-refractivity contribution is 1.04. The second-order valence-corrected chi connectivity index (χ2v) is 14.7. The molecule has 3 aromatic carbocycles. The van der Waals surface area contributed by atoms with Crippen LogP contribution in [0.3, 0.4) is 0 Å². The van der Waals surface area contributed by atoms with E-state index >= 15 is 0 Å². The highest BCUT2D eigenvalue weighted by molar-refractivity contribution is 7.28. The van der Waals surface area contributed by atoms with Crippen LogP contribution in [0.2, 0.25) is 0 Å². The van der Waals surface area contributed by atoms with Crippen LogP contribution in [0.4, 0.5) is 0 Å². The van der Waals surface area contributed by atoms with Crippen LogP contribution in [0.5, 0.6) is 0 Å². The Morgan fingerprint density at radius 3 is 1.26 bits per heavy atom. The number of pyridine rings is 3. The van der Waals surface area contributed by atoms with Crippen molar-refractivity contribution in [1.29, 1.82) is 0 Å². The van der Waals surface area contributed by atoms with Crippen LogP contribution >= 0.6 is 0 Å². The van der Waals surface area contributed by atoms with Gasteiger partial charge >= 0.3 is 0 Å². The molecule has 12 rings (SSSR count). The van der Waals surface area contributed by atoms with Crippen LogP contribution in [-0.4, -0.2) is 124 Å². The van der Waals surface area contributed by atoms with Crippen molar-refractivity contribution in [3.05, 3.63) is 127 Å². The Labute approximate surface area is 459 Å². The summed E-state index contributed by atoms with van der Waals surface area (Å²) in [5.74, 6) is 0. The first kappa shape index (κ1) is 63.4. The van der Waals surface area contributed by atoms with Crippen LogP contribution in [0.15, 0.2) is 110 Å². The van der Waals surface area contributed by atoms with E-state index in [9.17, 15) is 0 Å². The summed E-state index contributed by atoms with van der Waals surface area (Å²) in [6.07, 6.45) is 8.51. The molecule has 9 aromatic heterocycles. The summed E-state index contributed by atoms with van der Waals surface area (Å²) >= 11 is 0. The molecule has 0 aliphatic rings. The normalized spacial score (nSPS) is 9.83. The first-order valence-corrected chi connectivity index (χ1v) is 26.1. The molecule has 0 spiro atoms. The molecule has 0 unspecified atom stereocenters. The number of para-hydroxylation sites is 6. The van der Waals surface area contributed by atoms with Crippen molar-refractivity contribution in [3.63, 3.8) is 0 Å². The minimum atomic E-state index is 0. The molecule has 0 saturated carbocycles. The van der Waals surface area contributed by atoms with Gasteiger partial charge in [0.15, 0.2) is 11.3 Å². The molecule has 0 fully saturated rings. The van der Waals surface area contributed by atoms with E-state index < -0.39 is 0 Å². The maximum atomic E-state index is 5.61. The quantitative estimate of drug-likeness (QED) is 0.150. The van der Waals surface area contributed by atoms with E-state index in [1.807, 2.05) is 212 Å². The zero-order chi connectivity index (χ0) is 55.2. The summed E-state index contributed by atoms with van der Waals surface area (Å²) in [5.41, 5.74) is 18.0. The molecular formula is C55H67B9N12. The summed E-state index contributed by atoms with van der Waals surface area (Å²) in [6.45, 7) is 30.1. The Morgan fingerprint density at radius 2 is 0.803 bits per heavy atom. The largest absolute Gasteiger partial charge is 0.277 e. The molecule has 0 atom stereocenters. The monoisotopic (exact) mass is 995 g/mol. The van der Waals surface area contributed by atoms with Crippen molar-refractivity contribution >= 4 is 166 Å². The third-order valence-corrected chi connectivity index (χ3v) is 11.3. The topological polar surface area (TPSA) is 129 Å². The number of aromatic nitrogens is 12. The van der Waals surface area contributed by atoms with E-state index in [0.29, 0.717) is 0 Å². The lowest BCUT2D eigenvalue weighted by atomic mass is 9.26. The van der Waals surface area contributed by atoms with Gasteiger partial charge in [-0.25, -0.2) is 29.9 Å². The lowest BCUT2D eigenvalue weighted by Crippen LogP contribution is -2.27. The van der Waals surface area contributed by atoms with E-state index in [4.69, 9.17) is 38.2 Å². The molecular weight excluding hydrogens is 926 g/mol.